The monoisotopic (exact) mass is 496 g/mol. The fourth-order valence-electron chi connectivity index (χ4n) is 4.89. The van der Waals surface area contributed by atoms with Crippen LogP contribution in [-0.2, 0) is 27.0 Å². The van der Waals surface area contributed by atoms with Crippen molar-refractivity contribution < 1.29 is 32.2 Å². The number of benzene rings is 1. The Labute approximate surface area is 200 Å². The van der Waals surface area contributed by atoms with Crippen LogP contribution in [0.2, 0.25) is 0 Å². The maximum absolute atomic E-state index is 13.7. The van der Waals surface area contributed by atoms with Gasteiger partial charge in [0.2, 0.25) is 0 Å². The summed E-state index contributed by atoms with van der Waals surface area (Å²) < 4.78 is 51.5. The Kier molecular flexibility index (Phi) is 6.54. The smallest absolute Gasteiger partial charge is 0.416 e. The predicted molar refractivity (Wildman–Crippen MR) is 121 cm³/mol. The summed E-state index contributed by atoms with van der Waals surface area (Å²) in [5, 5.41) is 1.88. The molecular weight excluding hydrogens is 469 g/mol. The highest BCUT2D eigenvalue weighted by molar-refractivity contribution is 7.09. The fraction of sp³-hybridized carbons (Fsp3) is 0.500. The Morgan fingerprint density at radius 1 is 1.26 bits per heavy atom. The molecule has 184 valence electrons. The standard InChI is InChI=1S/C24H27F3N2O4S/c1-23(2,33-14-30)29-19-9-8-16(24(25,26)27)11-18(19)21(12-20(29)15-6-7-15)28(22(31)32-3)13-17-5-4-10-34-17/h4-5,8-11,14-15,20-21H,6-7,12-13H2,1-3H3. The average molecular weight is 497 g/mol. The highest BCUT2D eigenvalue weighted by Gasteiger charge is 2.49. The van der Waals surface area contributed by atoms with Crippen LogP contribution in [0.15, 0.2) is 35.7 Å². The molecule has 1 aromatic carbocycles. The van der Waals surface area contributed by atoms with Gasteiger partial charge in [-0.05, 0) is 74.2 Å². The molecule has 2 aromatic rings. The second-order valence-electron chi connectivity index (χ2n) is 9.14. The van der Waals surface area contributed by atoms with Gasteiger partial charge in [0.1, 0.15) is 0 Å². The third-order valence-electron chi connectivity index (χ3n) is 6.54. The zero-order valence-electron chi connectivity index (χ0n) is 19.2. The number of nitrogens with zero attached hydrogens (tertiary/aromatic N) is 2. The molecule has 2 atom stereocenters. The lowest BCUT2D eigenvalue weighted by atomic mass is 9.85. The number of fused-ring (bicyclic) bond motifs is 1. The van der Waals surface area contributed by atoms with Crippen molar-refractivity contribution in [1.29, 1.82) is 0 Å². The molecule has 2 heterocycles. The van der Waals surface area contributed by atoms with Crippen molar-refractivity contribution in [3.05, 3.63) is 51.7 Å². The molecule has 0 spiro atoms. The molecule has 2 aliphatic rings. The highest BCUT2D eigenvalue weighted by Crippen LogP contribution is 2.51. The molecule has 1 aromatic heterocycles. The molecule has 10 heteroatoms. The minimum absolute atomic E-state index is 0.125. The molecule has 6 nitrogen and oxygen atoms in total. The van der Waals surface area contributed by atoms with Gasteiger partial charge in [0.25, 0.3) is 6.47 Å². The van der Waals surface area contributed by atoms with Gasteiger partial charge in [-0.2, -0.15) is 13.2 Å². The number of hydrogen-bond acceptors (Lipinski definition) is 6. The molecule has 34 heavy (non-hydrogen) atoms. The predicted octanol–water partition coefficient (Wildman–Crippen LogP) is 5.97. The van der Waals surface area contributed by atoms with Crippen molar-refractivity contribution in [2.45, 2.75) is 63.6 Å². The van der Waals surface area contributed by atoms with Gasteiger partial charge in [0.05, 0.1) is 25.3 Å². The maximum atomic E-state index is 13.7. The summed E-state index contributed by atoms with van der Waals surface area (Å²) in [7, 11) is 1.27. The van der Waals surface area contributed by atoms with E-state index >= 15 is 0 Å². The first kappa shape index (κ1) is 24.4. The molecule has 0 radical (unpaired) electrons. The van der Waals surface area contributed by atoms with E-state index in [1.54, 1.807) is 13.8 Å². The van der Waals surface area contributed by atoms with E-state index < -0.39 is 29.6 Å². The number of carbonyl (C=O) groups excluding carboxylic acids is 2. The van der Waals surface area contributed by atoms with Gasteiger partial charge in [-0.25, -0.2) is 4.79 Å². The summed E-state index contributed by atoms with van der Waals surface area (Å²) in [6.45, 7) is 4.03. The first-order chi connectivity index (χ1) is 16.1. The van der Waals surface area contributed by atoms with Gasteiger partial charge >= 0.3 is 12.3 Å². The van der Waals surface area contributed by atoms with Crippen molar-refractivity contribution in [3.63, 3.8) is 0 Å². The summed E-state index contributed by atoms with van der Waals surface area (Å²) in [5.41, 5.74) is -1.00. The zero-order valence-corrected chi connectivity index (χ0v) is 20.0. The number of ether oxygens (including phenoxy) is 2. The molecule has 1 amide bonds. The second kappa shape index (κ2) is 9.13. The molecular formula is C24H27F3N2O4S. The topological polar surface area (TPSA) is 59.1 Å². The third-order valence-corrected chi connectivity index (χ3v) is 7.41. The van der Waals surface area contributed by atoms with Crippen LogP contribution in [0.25, 0.3) is 0 Å². The quantitative estimate of drug-likeness (QED) is 0.442. The number of carbonyl (C=O) groups is 2. The fourth-order valence-corrected chi connectivity index (χ4v) is 5.59. The van der Waals surface area contributed by atoms with Crippen molar-refractivity contribution in [3.8, 4) is 0 Å². The number of hydrogen-bond donors (Lipinski definition) is 0. The van der Waals surface area contributed by atoms with E-state index in [2.05, 4.69) is 0 Å². The molecule has 0 bridgehead atoms. The van der Waals surface area contributed by atoms with Gasteiger partial charge in [-0.15, -0.1) is 11.3 Å². The van der Waals surface area contributed by atoms with E-state index in [1.807, 2.05) is 22.4 Å². The van der Waals surface area contributed by atoms with Gasteiger partial charge in [-0.3, -0.25) is 9.69 Å². The lowest BCUT2D eigenvalue weighted by Crippen LogP contribution is -2.57. The van der Waals surface area contributed by atoms with Crippen LogP contribution in [0.3, 0.4) is 0 Å². The minimum atomic E-state index is -4.55. The lowest BCUT2D eigenvalue weighted by molar-refractivity contribution is -0.141. The van der Waals surface area contributed by atoms with Crippen LogP contribution < -0.4 is 4.90 Å². The number of alkyl halides is 3. The van der Waals surface area contributed by atoms with Gasteiger partial charge in [-0.1, -0.05) is 6.07 Å². The van der Waals surface area contributed by atoms with Crippen molar-refractivity contribution in [2.75, 3.05) is 12.0 Å². The van der Waals surface area contributed by atoms with Crippen LogP contribution >= 0.6 is 11.3 Å². The van der Waals surface area contributed by atoms with E-state index in [9.17, 15) is 22.8 Å². The van der Waals surface area contributed by atoms with E-state index in [1.165, 1.54) is 29.4 Å². The Balaban J connectivity index is 1.87. The van der Waals surface area contributed by atoms with Crippen molar-refractivity contribution >= 4 is 29.6 Å². The molecule has 2 unspecified atom stereocenters. The van der Waals surface area contributed by atoms with Crippen LogP contribution in [0, 0.1) is 5.92 Å². The molecule has 1 aliphatic carbocycles. The Morgan fingerprint density at radius 2 is 2.00 bits per heavy atom. The van der Waals surface area contributed by atoms with Gasteiger partial charge in [0, 0.05) is 16.6 Å². The first-order valence-electron chi connectivity index (χ1n) is 11.1. The second-order valence-corrected chi connectivity index (χ2v) is 10.2. The average Bonchev–Trinajstić information content (AvgIpc) is 3.50. The summed E-state index contributed by atoms with van der Waals surface area (Å²) in [5.74, 6) is 0.286. The van der Waals surface area contributed by atoms with E-state index in [4.69, 9.17) is 9.47 Å². The number of amides is 1. The summed E-state index contributed by atoms with van der Waals surface area (Å²) in [4.78, 5) is 28.5. The molecule has 1 fully saturated rings. The summed E-state index contributed by atoms with van der Waals surface area (Å²) in [6.07, 6.45) is -2.83. The number of rotatable bonds is 7. The third kappa shape index (κ3) is 4.73. The molecule has 0 saturated heterocycles. The van der Waals surface area contributed by atoms with E-state index in [-0.39, 0.29) is 18.5 Å². The highest BCUT2D eigenvalue weighted by atomic mass is 32.1. The Hall–Kier alpha value is -2.75. The minimum Gasteiger partial charge on any atom is -0.453 e. The Bertz CT molecular complexity index is 1040. The molecule has 1 saturated carbocycles. The molecule has 1 aliphatic heterocycles. The van der Waals surface area contributed by atoms with E-state index in [0.29, 0.717) is 24.1 Å². The van der Waals surface area contributed by atoms with E-state index in [0.717, 1.165) is 29.9 Å². The maximum Gasteiger partial charge on any atom is 0.416 e. The van der Waals surface area contributed by atoms with Gasteiger partial charge in [0.15, 0.2) is 5.72 Å². The van der Waals surface area contributed by atoms with Crippen LogP contribution in [0.4, 0.5) is 23.7 Å². The molecule has 4 rings (SSSR count). The number of thiophene rings is 1. The Morgan fingerprint density at radius 3 is 2.56 bits per heavy atom. The number of anilines is 1. The first-order valence-corrected chi connectivity index (χ1v) is 11.9. The lowest BCUT2D eigenvalue weighted by Gasteiger charge is -2.51. The number of halogens is 3. The van der Waals surface area contributed by atoms with Gasteiger partial charge < -0.3 is 14.4 Å². The summed E-state index contributed by atoms with van der Waals surface area (Å²) >= 11 is 1.46. The largest absolute Gasteiger partial charge is 0.453 e. The SMILES string of the molecule is COC(=O)N(Cc1cccs1)C1CC(C2CC2)N(C(C)(C)OC=O)c2ccc(C(F)(F)F)cc21. The summed E-state index contributed by atoms with van der Waals surface area (Å²) in [6, 6.07) is 6.55. The van der Waals surface area contributed by atoms with Crippen LogP contribution in [0.1, 0.15) is 55.2 Å². The van der Waals surface area contributed by atoms with Crippen LogP contribution in [-0.4, -0.2) is 36.3 Å². The normalized spacial score (nSPS) is 20.5. The van der Waals surface area contributed by atoms with Crippen molar-refractivity contribution in [1.82, 2.24) is 4.90 Å². The molecule has 0 N–H and O–H groups in total. The number of methoxy groups -OCH3 is 1. The zero-order chi connectivity index (χ0) is 24.7. The van der Waals surface area contributed by atoms with Crippen molar-refractivity contribution in [2.24, 2.45) is 5.92 Å². The van der Waals surface area contributed by atoms with Crippen LogP contribution in [0.5, 0.6) is 0 Å².